The summed E-state index contributed by atoms with van der Waals surface area (Å²) < 4.78 is 11.3. The second-order valence-electron chi connectivity index (χ2n) is 6.50. The van der Waals surface area contributed by atoms with Crippen molar-refractivity contribution in [3.05, 3.63) is 70.1 Å². The number of benzene rings is 2. The van der Waals surface area contributed by atoms with Crippen LogP contribution in [0.5, 0.6) is 5.75 Å². The smallest absolute Gasteiger partial charge is 0.236 e. The quantitative estimate of drug-likeness (QED) is 0.447. The van der Waals surface area contributed by atoms with E-state index < -0.39 is 0 Å². The number of aliphatic imine (C=N–C) groups is 1. The third-order valence-corrected chi connectivity index (χ3v) is 5.15. The monoisotopic (exact) mass is 409 g/mol. The van der Waals surface area contributed by atoms with E-state index in [0.717, 1.165) is 29.9 Å². The highest BCUT2D eigenvalue weighted by Gasteiger charge is 2.32. The molecule has 3 rings (SSSR count). The third-order valence-electron chi connectivity index (χ3n) is 4.90. The van der Waals surface area contributed by atoms with Crippen molar-refractivity contribution in [2.45, 2.75) is 26.7 Å². The first-order valence-electron chi connectivity index (χ1n) is 9.73. The fourth-order valence-electron chi connectivity index (χ4n) is 3.44. The van der Waals surface area contributed by atoms with E-state index in [1.54, 1.807) is 0 Å². The molecule has 0 aliphatic carbocycles. The molecular weight excluding hydrogens is 386 g/mol. The highest BCUT2D eigenvalue weighted by Crippen LogP contribution is 2.44. The minimum absolute atomic E-state index is 0.255. The molecule has 0 radical (unpaired) electrons. The number of ether oxygens (including phenoxy) is 2. The van der Waals surface area contributed by atoms with Crippen LogP contribution in [0.4, 0.5) is 5.69 Å². The van der Waals surface area contributed by atoms with E-state index in [0.29, 0.717) is 23.0 Å². The van der Waals surface area contributed by atoms with Gasteiger partial charge in [-0.2, -0.15) is 10.3 Å². The molecular formula is C23H24ClN3O2. The average molecular weight is 410 g/mol. The number of halogens is 1. The van der Waals surface area contributed by atoms with Gasteiger partial charge in [-0.3, -0.25) is 0 Å². The van der Waals surface area contributed by atoms with Crippen LogP contribution in [0.15, 0.2) is 58.9 Å². The van der Waals surface area contributed by atoms with Crippen LogP contribution < -0.4 is 9.64 Å². The van der Waals surface area contributed by atoms with E-state index in [1.165, 1.54) is 6.40 Å². The Labute approximate surface area is 176 Å². The van der Waals surface area contributed by atoms with Crippen molar-refractivity contribution < 1.29 is 9.47 Å². The molecule has 1 aliphatic rings. The minimum Gasteiger partial charge on any atom is -0.483 e. The second-order valence-corrected chi connectivity index (χ2v) is 6.94. The Hall–Kier alpha value is -2.97. The van der Waals surface area contributed by atoms with Gasteiger partial charge in [0, 0.05) is 35.4 Å². The number of fused-ring (bicyclic) bond motifs is 1. The first kappa shape index (κ1) is 20.8. The Balaban J connectivity index is 2.15. The molecule has 6 heteroatoms. The standard InChI is InChI=1S/C23H24ClN3O2/c1-4-27(5-2)18-11-12-19-21(13-18)29-23(26-15-28-6-3)20(14-25)22(19)16-7-9-17(24)10-8-16/h7-13,15,22H,4-6H2,1-3H3/b26-15+. The van der Waals surface area contributed by atoms with Gasteiger partial charge in [-0.1, -0.05) is 29.8 Å². The molecule has 1 atom stereocenters. The lowest BCUT2D eigenvalue weighted by atomic mass is 9.83. The number of nitriles is 1. The van der Waals surface area contributed by atoms with Gasteiger partial charge in [0.15, 0.2) is 6.40 Å². The maximum atomic E-state index is 9.91. The van der Waals surface area contributed by atoms with Crippen molar-refractivity contribution in [1.29, 1.82) is 5.26 Å². The molecule has 1 aliphatic heterocycles. The molecule has 1 heterocycles. The van der Waals surface area contributed by atoms with E-state index >= 15 is 0 Å². The predicted molar refractivity (Wildman–Crippen MR) is 117 cm³/mol. The van der Waals surface area contributed by atoms with Crippen molar-refractivity contribution in [2.24, 2.45) is 4.99 Å². The lowest BCUT2D eigenvalue weighted by Gasteiger charge is -2.28. The van der Waals surface area contributed by atoms with E-state index in [4.69, 9.17) is 21.1 Å². The molecule has 0 fully saturated rings. The minimum atomic E-state index is -0.291. The topological polar surface area (TPSA) is 57.8 Å². The first-order chi connectivity index (χ1) is 14.1. The van der Waals surface area contributed by atoms with E-state index in [-0.39, 0.29) is 11.8 Å². The summed E-state index contributed by atoms with van der Waals surface area (Å²) in [6, 6.07) is 15.9. The number of nitrogens with zero attached hydrogens (tertiary/aromatic N) is 3. The Morgan fingerprint density at radius 3 is 2.52 bits per heavy atom. The molecule has 0 saturated heterocycles. The van der Waals surface area contributed by atoms with Crippen LogP contribution >= 0.6 is 11.6 Å². The summed E-state index contributed by atoms with van der Waals surface area (Å²) in [6.45, 7) is 8.38. The summed E-state index contributed by atoms with van der Waals surface area (Å²) in [5.74, 6) is 0.655. The van der Waals surface area contributed by atoms with Crippen LogP contribution in [0, 0.1) is 11.3 Å². The Kier molecular flexibility index (Phi) is 6.79. The zero-order valence-corrected chi connectivity index (χ0v) is 17.6. The van der Waals surface area contributed by atoms with Gasteiger partial charge in [-0.15, -0.1) is 0 Å². The lowest BCUT2D eigenvalue weighted by molar-refractivity contribution is 0.335. The van der Waals surface area contributed by atoms with Crippen LogP contribution in [0.2, 0.25) is 5.02 Å². The summed E-state index contributed by atoms with van der Waals surface area (Å²) in [5.41, 5.74) is 3.38. The maximum Gasteiger partial charge on any atom is 0.236 e. The van der Waals surface area contributed by atoms with Crippen LogP contribution in [0.25, 0.3) is 0 Å². The molecule has 29 heavy (non-hydrogen) atoms. The lowest BCUT2D eigenvalue weighted by Crippen LogP contribution is -2.22. The predicted octanol–water partition coefficient (Wildman–Crippen LogP) is 5.51. The number of hydrogen-bond acceptors (Lipinski definition) is 5. The van der Waals surface area contributed by atoms with Crippen molar-refractivity contribution in [3.63, 3.8) is 0 Å². The van der Waals surface area contributed by atoms with E-state index in [2.05, 4.69) is 35.9 Å². The summed E-state index contributed by atoms with van der Waals surface area (Å²) >= 11 is 6.07. The van der Waals surface area contributed by atoms with Crippen LogP contribution in [-0.2, 0) is 4.74 Å². The molecule has 0 spiro atoms. The normalized spacial score (nSPS) is 15.6. The van der Waals surface area contributed by atoms with Crippen LogP contribution in [-0.4, -0.2) is 26.1 Å². The van der Waals surface area contributed by atoms with Gasteiger partial charge in [0.25, 0.3) is 0 Å². The van der Waals surface area contributed by atoms with Gasteiger partial charge in [0.2, 0.25) is 5.88 Å². The Bertz CT molecular complexity index is 957. The summed E-state index contributed by atoms with van der Waals surface area (Å²) in [5, 5.41) is 10.6. The molecule has 5 nitrogen and oxygen atoms in total. The van der Waals surface area contributed by atoms with E-state index in [9.17, 15) is 5.26 Å². The third kappa shape index (κ3) is 4.38. The van der Waals surface area contributed by atoms with Gasteiger partial charge >= 0.3 is 0 Å². The summed E-state index contributed by atoms with van der Waals surface area (Å²) in [4.78, 5) is 6.52. The summed E-state index contributed by atoms with van der Waals surface area (Å²) in [7, 11) is 0. The molecule has 0 bridgehead atoms. The van der Waals surface area contributed by atoms with Gasteiger partial charge < -0.3 is 14.4 Å². The zero-order chi connectivity index (χ0) is 20.8. The number of hydrogen-bond donors (Lipinski definition) is 0. The molecule has 0 saturated carbocycles. The van der Waals surface area contributed by atoms with Crippen molar-refractivity contribution in [3.8, 4) is 11.8 Å². The Morgan fingerprint density at radius 2 is 1.90 bits per heavy atom. The maximum absolute atomic E-state index is 9.91. The number of rotatable bonds is 7. The fraction of sp³-hybridized carbons (Fsp3) is 0.304. The molecule has 0 amide bonds. The zero-order valence-electron chi connectivity index (χ0n) is 16.9. The van der Waals surface area contributed by atoms with Gasteiger partial charge in [-0.05, 0) is 44.5 Å². The molecule has 0 N–H and O–H groups in total. The molecule has 1 unspecified atom stereocenters. The average Bonchev–Trinajstić information content (AvgIpc) is 2.74. The number of anilines is 1. The fourth-order valence-corrected chi connectivity index (χ4v) is 3.57. The van der Waals surface area contributed by atoms with Gasteiger partial charge in [-0.25, -0.2) is 0 Å². The SMILES string of the molecule is CCO/C=N/C1=C(C#N)C(c2ccc(Cl)cc2)c2ccc(N(CC)CC)cc2O1. The molecule has 2 aromatic rings. The highest BCUT2D eigenvalue weighted by atomic mass is 35.5. The molecule has 150 valence electrons. The summed E-state index contributed by atoms with van der Waals surface area (Å²) in [6.07, 6.45) is 1.32. The Morgan fingerprint density at radius 1 is 1.17 bits per heavy atom. The van der Waals surface area contributed by atoms with Crippen molar-refractivity contribution in [1.82, 2.24) is 0 Å². The first-order valence-corrected chi connectivity index (χ1v) is 10.1. The number of allylic oxidation sites excluding steroid dienone is 1. The molecule has 2 aromatic carbocycles. The van der Waals surface area contributed by atoms with Crippen molar-refractivity contribution >= 4 is 23.7 Å². The van der Waals surface area contributed by atoms with Crippen LogP contribution in [0.1, 0.15) is 37.8 Å². The van der Waals surface area contributed by atoms with Crippen LogP contribution in [0.3, 0.4) is 0 Å². The van der Waals surface area contributed by atoms with Crippen molar-refractivity contribution in [2.75, 3.05) is 24.6 Å². The van der Waals surface area contributed by atoms with E-state index in [1.807, 2.05) is 43.3 Å². The molecule has 0 aromatic heterocycles. The van der Waals surface area contributed by atoms with Gasteiger partial charge in [0.05, 0.1) is 12.5 Å². The largest absolute Gasteiger partial charge is 0.483 e. The highest BCUT2D eigenvalue weighted by molar-refractivity contribution is 6.30. The second kappa shape index (κ2) is 9.49. The van der Waals surface area contributed by atoms with Gasteiger partial charge in [0.1, 0.15) is 17.4 Å².